The molecular weight excluding hydrogens is 194 g/mol. The maximum atomic E-state index is 10.8. The Morgan fingerprint density at radius 2 is 2.27 bits per heavy atom. The van der Waals surface area contributed by atoms with E-state index in [9.17, 15) is 4.79 Å². The number of hydrogen-bond acceptors (Lipinski definition) is 4. The van der Waals surface area contributed by atoms with Gasteiger partial charge in [0.2, 0.25) is 0 Å². The van der Waals surface area contributed by atoms with E-state index in [1.165, 1.54) is 25.7 Å². The molecule has 2 rings (SSSR count). The summed E-state index contributed by atoms with van der Waals surface area (Å²) in [7, 11) is 0. The van der Waals surface area contributed by atoms with E-state index in [-0.39, 0.29) is 0 Å². The molecule has 1 aromatic rings. The molecule has 0 bridgehead atoms. The number of nitrogens with one attached hydrogen (secondary N) is 1. The summed E-state index contributed by atoms with van der Waals surface area (Å²) in [4.78, 5) is 13.3. The number of aromatic amines is 1. The molecule has 15 heavy (non-hydrogen) atoms. The van der Waals surface area contributed by atoms with Gasteiger partial charge in [-0.3, -0.25) is 9.51 Å². The lowest BCUT2D eigenvalue weighted by atomic mass is 9.88. The zero-order valence-electron chi connectivity index (χ0n) is 8.74. The van der Waals surface area contributed by atoms with Crippen molar-refractivity contribution in [1.29, 1.82) is 0 Å². The van der Waals surface area contributed by atoms with E-state index in [1.807, 2.05) is 0 Å². The topological polar surface area (TPSA) is 84.9 Å². The number of hydrogen-bond donors (Lipinski definition) is 2. The molecule has 1 saturated carbocycles. The van der Waals surface area contributed by atoms with E-state index in [4.69, 9.17) is 5.73 Å². The van der Waals surface area contributed by atoms with Crippen molar-refractivity contribution >= 4 is 0 Å². The average Bonchev–Trinajstić information content (AvgIpc) is 2.85. The molecule has 1 aromatic heterocycles. The predicted molar refractivity (Wildman–Crippen MR) is 55.3 cm³/mol. The highest BCUT2D eigenvalue weighted by atomic mass is 16.5. The van der Waals surface area contributed by atoms with Gasteiger partial charge in [-0.15, -0.1) is 0 Å². The van der Waals surface area contributed by atoms with Crippen molar-refractivity contribution in [2.75, 3.05) is 6.54 Å². The van der Waals surface area contributed by atoms with Crippen molar-refractivity contribution in [1.82, 2.24) is 10.1 Å². The molecule has 1 fully saturated rings. The van der Waals surface area contributed by atoms with Crippen LogP contribution >= 0.6 is 0 Å². The highest BCUT2D eigenvalue weighted by Crippen LogP contribution is 2.32. The molecule has 3 N–H and O–H groups in total. The van der Waals surface area contributed by atoms with Gasteiger partial charge in [-0.05, 0) is 18.4 Å². The molecule has 0 saturated heterocycles. The summed E-state index contributed by atoms with van der Waals surface area (Å²) in [5.41, 5.74) is 5.76. The van der Waals surface area contributed by atoms with E-state index in [2.05, 4.69) is 14.7 Å². The molecule has 0 amide bonds. The van der Waals surface area contributed by atoms with Crippen LogP contribution in [0.2, 0.25) is 0 Å². The smallest absolute Gasteiger partial charge is 0.330 e. The first-order valence-corrected chi connectivity index (χ1v) is 5.54. The molecule has 1 aliphatic carbocycles. The van der Waals surface area contributed by atoms with Gasteiger partial charge in [0.05, 0.1) is 0 Å². The molecule has 5 heteroatoms. The Labute approximate surface area is 88.0 Å². The number of H-pyrrole nitrogens is 1. The Kier molecular flexibility index (Phi) is 3.20. The molecule has 1 atom stereocenters. The van der Waals surface area contributed by atoms with E-state index in [0.29, 0.717) is 24.2 Å². The minimum atomic E-state index is -0.479. The summed E-state index contributed by atoms with van der Waals surface area (Å²) in [5, 5.41) is 3.68. The lowest BCUT2D eigenvalue weighted by Gasteiger charge is -2.19. The normalized spacial score (nSPS) is 19.5. The van der Waals surface area contributed by atoms with Crippen molar-refractivity contribution < 1.29 is 4.52 Å². The first kappa shape index (κ1) is 10.4. The number of nitrogens with two attached hydrogens (primary N) is 1. The molecule has 1 unspecified atom stereocenters. The molecule has 0 radical (unpaired) electrons. The van der Waals surface area contributed by atoms with Crippen LogP contribution in [-0.2, 0) is 6.42 Å². The summed E-state index contributed by atoms with van der Waals surface area (Å²) < 4.78 is 4.47. The third-order valence-corrected chi connectivity index (χ3v) is 3.31. The van der Waals surface area contributed by atoms with Gasteiger partial charge in [0.1, 0.15) is 0 Å². The fraction of sp³-hybridized carbons (Fsp3) is 0.800. The fourth-order valence-corrected chi connectivity index (χ4v) is 2.47. The molecule has 0 spiro atoms. The zero-order valence-corrected chi connectivity index (χ0v) is 8.74. The van der Waals surface area contributed by atoms with Crippen molar-refractivity contribution in [2.45, 2.75) is 32.1 Å². The van der Waals surface area contributed by atoms with Gasteiger partial charge < -0.3 is 5.73 Å². The number of aromatic nitrogens is 2. The lowest BCUT2D eigenvalue weighted by molar-refractivity contribution is 0.329. The monoisotopic (exact) mass is 211 g/mol. The molecule has 0 aromatic carbocycles. The van der Waals surface area contributed by atoms with Crippen LogP contribution in [-0.4, -0.2) is 16.7 Å². The third-order valence-electron chi connectivity index (χ3n) is 3.31. The molecule has 0 aliphatic heterocycles. The first-order chi connectivity index (χ1) is 7.29. The second kappa shape index (κ2) is 4.61. The van der Waals surface area contributed by atoms with E-state index < -0.39 is 5.76 Å². The van der Waals surface area contributed by atoms with Crippen LogP contribution in [0.4, 0.5) is 0 Å². The van der Waals surface area contributed by atoms with Crippen LogP contribution in [0.5, 0.6) is 0 Å². The van der Waals surface area contributed by atoms with Gasteiger partial charge in [0, 0.05) is 6.42 Å². The van der Waals surface area contributed by atoms with Crippen molar-refractivity contribution in [2.24, 2.45) is 17.6 Å². The Balaban J connectivity index is 1.98. The predicted octanol–water partition coefficient (Wildman–Crippen LogP) is 0.670. The van der Waals surface area contributed by atoms with Crippen LogP contribution in [0.15, 0.2) is 9.32 Å². The highest BCUT2D eigenvalue weighted by molar-refractivity contribution is 4.87. The van der Waals surface area contributed by atoms with Gasteiger partial charge >= 0.3 is 5.76 Å². The molecule has 1 aliphatic rings. The van der Waals surface area contributed by atoms with Crippen molar-refractivity contribution in [3.8, 4) is 0 Å². The van der Waals surface area contributed by atoms with E-state index >= 15 is 0 Å². The van der Waals surface area contributed by atoms with Crippen LogP contribution < -0.4 is 11.5 Å². The molecular formula is C10H17N3O2. The zero-order chi connectivity index (χ0) is 10.7. The lowest BCUT2D eigenvalue weighted by Crippen LogP contribution is -2.24. The molecule has 1 heterocycles. The van der Waals surface area contributed by atoms with Gasteiger partial charge in [-0.1, -0.05) is 30.8 Å². The standard InChI is InChI=1S/C10H17N3O2/c11-6-8(7-3-1-2-4-7)5-9-12-10(14)15-13-9/h7-8H,1-6,11H2,(H,12,13,14). The Bertz CT molecular complexity index is 352. The van der Waals surface area contributed by atoms with E-state index in [0.717, 1.165) is 6.42 Å². The first-order valence-electron chi connectivity index (χ1n) is 5.54. The number of nitrogens with zero attached hydrogens (tertiary/aromatic N) is 1. The van der Waals surface area contributed by atoms with Gasteiger partial charge in [0.15, 0.2) is 5.82 Å². The van der Waals surface area contributed by atoms with Crippen LogP contribution in [0.25, 0.3) is 0 Å². The maximum absolute atomic E-state index is 10.8. The minimum Gasteiger partial charge on any atom is -0.330 e. The highest BCUT2D eigenvalue weighted by Gasteiger charge is 2.25. The maximum Gasteiger partial charge on any atom is 0.438 e. The Morgan fingerprint density at radius 1 is 1.53 bits per heavy atom. The summed E-state index contributed by atoms with van der Waals surface area (Å²) in [6.45, 7) is 0.652. The van der Waals surface area contributed by atoms with Crippen LogP contribution in [0.1, 0.15) is 31.5 Å². The van der Waals surface area contributed by atoms with E-state index in [1.54, 1.807) is 0 Å². The summed E-state index contributed by atoms with van der Waals surface area (Å²) in [6, 6.07) is 0. The van der Waals surface area contributed by atoms with Crippen LogP contribution in [0.3, 0.4) is 0 Å². The van der Waals surface area contributed by atoms with Crippen molar-refractivity contribution in [3.05, 3.63) is 16.4 Å². The fourth-order valence-electron chi connectivity index (χ4n) is 2.47. The van der Waals surface area contributed by atoms with Gasteiger partial charge in [-0.25, -0.2) is 4.79 Å². The second-order valence-corrected chi connectivity index (χ2v) is 4.29. The van der Waals surface area contributed by atoms with Crippen LogP contribution in [0, 0.1) is 11.8 Å². The molecule has 84 valence electrons. The van der Waals surface area contributed by atoms with Gasteiger partial charge in [0.25, 0.3) is 0 Å². The summed E-state index contributed by atoms with van der Waals surface area (Å²) in [5.74, 6) is 1.26. The van der Waals surface area contributed by atoms with Gasteiger partial charge in [-0.2, -0.15) is 0 Å². The summed E-state index contributed by atoms with van der Waals surface area (Å²) >= 11 is 0. The Morgan fingerprint density at radius 3 is 2.80 bits per heavy atom. The quantitative estimate of drug-likeness (QED) is 0.766. The number of rotatable bonds is 4. The largest absolute Gasteiger partial charge is 0.438 e. The minimum absolute atomic E-state index is 0.424. The van der Waals surface area contributed by atoms with Crippen molar-refractivity contribution in [3.63, 3.8) is 0 Å². The Hall–Kier alpha value is -1.10. The average molecular weight is 211 g/mol. The third kappa shape index (κ3) is 2.47. The SMILES string of the molecule is NCC(Cc1noc(=O)[nH]1)C1CCCC1. The molecule has 5 nitrogen and oxygen atoms in total. The summed E-state index contributed by atoms with van der Waals surface area (Å²) in [6.07, 6.45) is 5.84. The second-order valence-electron chi connectivity index (χ2n) is 4.29.